The normalized spacial score (nSPS) is 33.6. The van der Waals surface area contributed by atoms with Gasteiger partial charge in [0.05, 0.1) is 6.10 Å². The third-order valence-corrected chi connectivity index (χ3v) is 6.31. The Morgan fingerprint density at radius 3 is 2.95 bits per heavy atom. The molecule has 0 aromatic heterocycles. The van der Waals surface area contributed by atoms with Gasteiger partial charge in [0, 0.05) is 31.4 Å². The van der Waals surface area contributed by atoms with E-state index in [-0.39, 0.29) is 0 Å². The Hall–Kier alpha value is -0.220. The highest BCUT2D eigenvalue weighted by Gasteiger charge is 2.36. The third-order valence-electron chi connectivity index (χ3n) is 5.00. The number of nitrogens with zero attached hydrogens (tertiary/aromatic N) is 1. The molecule has 0 amide bonds. The minimum atomic E-state index is 0.461. The summed E-state index contributed by atoms with van der Waals surface area (Å²) in [5.41, 5.74) is 0.554. The molecular formula is C15H26N2OS. The summed E-state index contributed by atoms with van der Waals surface area (Å²) in [5, 5.41) is 4.75. The number of aliphatic imine (C=N–C) groups is 1. The Balaban J connectivity index is 1.47. The molecule has 2 fully saturated rings. The Bertz CT molecular complexity index is 339. The van der Waals surface area contributed by atoms with Crippen molar-refractivity contribution in [2.24, 2.45) is 16.3 Å². The number of hydrogen-bond acceptors (Lipinski definition) is 4. The smallest absolute Gasteiger partial charge is 0.156 e. The van der Waals surface area contributed by atoms with Gasteiger partial charge in [-0.2, -0.15) is 0 Å². The van der Waals surface area contributed by atoms with Gasteiger partial charge in [-0.15, -0.1) is 0 Å². The molecule has 1 N–H and O–H groups in total. The van der Waals surface area contributed by atoms with Gasteiger partial charge in [-0.1, -0.05) is 31.5 Å². The lowest BCUT2D eigenvalue weighted by Crippen LogP contribution is -2.36. The van der Waals surface area contributed by atoms with Gasteiger partial charge in [-0.3, -0.25) is 4.99 Å². The molecule has 2 aliphatic heterocycles. The predicted octanol–water partition coefficient (Wildman–Crippen LogP) is 3.05. The number of amidine groups is 1. The van der Waals surface area contributed by atoms with E-state index in [4.69, 9.17) is 9.73 Å². The van der Waals surface area contributed by atoms with E-state index in [1.165, 1.54) is 43.0 Å². The van der Waals surface area contributed by atoms with Crippen LogP contribution in [0, 0.1) is 11.3 Å². The zero-order chi connectivity index (χ0) is 13.1. The van der Waals surface area contributed by atoms with Crippen molar-refractivity contribution in [2.45, 2.75) is 51.6 Å². The van der Waals surface area contributed by atoms with E-state index in [1.807, 2.05) is 11.8 Å². The first kappa shape index (κ1) is 13.7. The zero-order valence-electron chi connectivity index (χ0n) is 12.0. The van der Waals surface area contributed by atoms with Gasteiger partial charge in [0.2, 0.25) is 0 Å². The molecule has 19 heavy (non-hydrogen) atoms. The molecule has 0 radical (unpaired) electrons. The second-order valence-electron chi connectivity index (χ2n) is 6.36. The average Bonchev–Trinajstić information content (AvgIpc) is 3.07. The lowest BCUT2D eigenvalue weighted by Gasteiger charge is -2.31. The maximum absolute atomic E-state index is 5.74. The summed E-state index contributed by atoms with van der Waals surface area (Å²) in [6.07, 6.45) is 8.41. The highest BCUT2D eigenvalue weighted by atomic mass is 32.2. The van der Waals surface area contributed by atoms with Crippen LogP contribution in [0.2, 0.25) is 0 Å². The molecule has 1 saturated heterocycles. The van der Waals surface area contributed by atoms with E-state index in [0.29, 0.717) is 17.4 Å². The van der Waals surface area contributed by atoms with Crippen LogP contribution in [-0.2, 0) is 4.74 Å². The molecule has 0 aromatic carbocycles. The van der Waals surface area contributed by atoms with Crippen LogP contribution in [-0.4, -0.2) is 36.7 Å². The van der Waals surface area contributed by atoms with Gasteiger partial charge in [0.1, 0.15) is 0 Å². The van der Waals surface area contributed by atoms with Crippen LogP contribution in [0.5, 0.6) is 0 Å². The molecule has 1 spiro atoms. The van der Waals surface area contributed by atoms with Gasteiger partial charge >= 0.3 is 0 Å². The highest BCUT2D eigenvalue weighted by molar-refractivity contribution is 8.13. The summed E-state index contributed by atoms with van der Waals surface area (Å²) >= 11 is 1.95. The van der Waals surface area contributed by atoms with Gasteiger partial charge < -0.3 is 10.1 Å². The molecule has 2 unspecified atom stereocenters. The lowest BCUT2D eigenvalue weighted by molar-refractivity contribution is 0.0883. The van der Waals surface area contributed by atoms with E-state index >= 15 is 0 Å². The predicted molar refractivity (Wildman–Crippen MR) is 81.8 cm³/mol. The monoisotopic (exact) mass is 282 g/mol. The van der Waals surface area contributed by atoms with Crippen molar-refractivity contribution in [1.82, 2.24) is 5.32 Å². The standard InChI is InChI=1S/C15H26N2OS/c1-2-13-12(5-8-18-13)9-16-14-17-10-15(11-19-14)6-3-4-7-15/h12-13H,2-11H2,1H3,(H,16,17). The average molecular weight is 282 g/mol. The van der Waals surface area contributed by atoms with Crippen LogP contribution >= 0.6 is 11.8 Å². The van der Waals surface area contributed by atoms with Crippen LogP contribution in [0.1, 0.15) is 45.4 Å². The van der Waals surface area contributed by atoms with Gasteiger partial charge in [-0.25, -0.2) is 0 Å². The largest absolute Gasteiger partial charge is 0.378 e. The second-order valence-corrected chi connectivity index (χ2v) is 7.33. The Kier molecular flexibility index (Phi) is 4.37. The van der Waals surface area contributed by atoms with Crippen molar-refractivity contribution >= 4 is 16.9 Å². The zero-order valence-corrected chi connectivity index (χ0v) is 12.8. The Morgan fingerprint density at radius 2 is 2.26 bits per heavy atom. The fraction of sp³-hybridized carbons (Fsp3) is 0.933. The van der Waals surface area contributed by atoms with Crippen LogP contribution < -0.4 is 5.32 Å². The molecule has 4 heteroatoms. The van der Waals surface area contributed by atoms with Gasteiger partial charge in [0.15, 0.2) is 5.17 Å². The van der Waals surface area contributed by atoms with Crippen LogP contribution in [0.3, 0.4) is 0 Å². The van der Waals surface area contributed by atoms with Crippen molar-refractivity contribution in [2.75, 3.05) is 25.4 Å². The fourth-order valence-electron chi connectivity index (χ4n) is 3.68. The first-order valence-corrected chi connectivity index (χ1v) is 8.83. The lowest BCUT2D eigenvalue weighted by atomic mass is 9.89. The molecule has 2 heterocycles. The van der Waals surface area contributed by atoms with Gasteiger partial charge in [0.25, 0.3) is 0 Å². The minimum Gasteiger partial charge on any atom is -0.378 e. The summed E-state index contributed by atoms with van der Waals surface area (Å²) in [4.78, 5) is 4.80. The van der Waals surface area contributed by atoms with Crippen molar-refractivity contribution in [3.05, 3.63) is 0 Å². The molecule has 3 aliphatic rings. The number of ether oxygens (including phenoxy) is 1. The maximum Gasteiger partial charge on any atom is 0.156 e. The van der Waals surface area contributed by atoms with Crippen LogP contribution in [0.25, 0.3) is 0 Å². The maximum atomic E-state index is 5.74. The minimum absolute atomic E-state index is 0.461. The SMILES string of the molecule is CCC1OCCC1CNC1=NCC2(CCCC2)CS1. The number of nitrogens with one attached hydrogen (secondary N) is 1. The fourth-order valence-corrected chi connectivity index (χ4v) is 4.85. The summed E-state index contributed by atoms with van der Waals surface area (Å²) in [5.74, 6) is 1.95. The molecule has 3 nitrogen and oxygen atoms in total. The molecule has 0 bridgehead atoms. The number of hydrogen-bond donors (Lipinski definition) is 1. The van der Waals surface area contributed by atoms with E-state index < -0.39 is 0 Å². The first-order valence-electron chi connectivity index (χ1n) is 7.84. The summed E-state index contributed by atoms with van der Waals surface area (Å²) in [7, 11) is 0. The van der Waals surface area contributed by atoms with E-state index in [0.717, 1.165) is 26.1 Å². The summed E-state index contributed by atoms with van der Waals surface area (Å²) in [6, 6.07) is 0. The van der Waals surface area contributed by atoms with Crippen molar-refractivity contribution < 1.29 is 4.74 Å². The molecular weight excluding hydrogens is 256 g/mol. The number of thioether (sulfide) groups is 1. The van der Waals surface area contributed by atoms with Crippen LogP contribution in [0.4, 0.5) is 0 Å². The van der Waals surface area contributed by atoms with Crippen molar-refractivity contribution in [1.29, 1.82) is 0 Å². The number of rotatable bonds is 3. The molecule has 1 saturated carbocycles. The first-order chi connectivity index (χ1) is 9.31. The van der Waals surface area contributed by atoms with Crippen molar-refractivity contribution in [3.63, 3.8) is 0 Å². The summed E-state index contributed by atoms with van der Waals surface area (Å²) in [6.45, 7) is 5.26. The Morgan fingerprint density at radius 1 is 1.42 bits per heavy atom. The van der Waals surface area contributed by atoms with E-state index in [9.17, 15) is 0 Å². The van der Waals surface area contributed by atoms with E-state index in [2.05, 4.69) is 12.2 Å². The molecule has 3 rings (SSSR count). The second kappa shape index (κ2) is 6.04. The molecule has 1 aliphatic carbocycles. The topological polar surface area (TPSA) is 33.6 Å². The van der Waals surface area contributed by atoms with Crippen molar-refractivity contribution in [3.8, 4) is 0 Å². The summed E-state index contributed by atoms with van der Waals surface area (Å²) < 4.78 is 5.74. The van der Waals surface area contributed by atoms with Gasteiger partial charge in [-0.05, 0) is 31.1 Å². The van der Waals surface area contributed by atoms with E-state index in [1.54, 1.807) is 0 Å². The third kappa shape index (κ3) is 3.10. The van der Waals surface area contributed by atoms with Crippen LogP contribution in [0.15, 0.2) is 4.99 Å². The molecule has 2 atom stereocenters. The quantitative estimate of drug-likeness (QED) is 0.864. The molecule has 0 aromatic rings. The molecule has 108 valence electrons. The highest BCUT2D eigenvalue weighted by Crippen LogP contribution is 2.43. The Labute approximate surface area is 121 Å².